The number of benzene rings is 2. The highest BCUT2D eigenvalue weighted by Gasteiger charge is 2.30. The predicted octanol–water partition coefficient (Wildman–Crippen LogP) is 3.73. The van der Waals surface area contributed by atoms with Crippen molar-refractivity contribution >= 4 is 5.97 Å². The third-order valence-electron chi connectivity index (χ3n) is 3.45. The Morgan fingerprint density at radius 1 is 1.17 bits per heavy atom. The molecule has 0 aliphatic heterocycles. The molecule has 0 fully saturated rings. The summed E-state index contributed by atoms with van der Waals surface area (Å²) in [5.41, 5.74) is 9.50. The Bertz CT molecular complexity index is 853. The summed E-state index contributed by atoms with van der Waals surface area (Å²) in [6.07, 6.45) is 0. The topological polar surface area (TPSA) is 110 Å². The van der Waals surface area contributed by atoms with E-state index in [9.17, 15) is 18.7 Å². The van der Waals surface area contributed by atoms with Crippen molar-refractivity contribution < 1.29 is 18.7 Å². The number of aliphatic carboxylic acids is 1. The summed E-state index contributed by atoms with van der Waals surface area (Å²) >= 11 is 0. The van der Waals surface area contributed by atoms with E-state index in [-0.39, 0.29) is 5.56 Å². The summed E-state index contributed by atoms with van der Waals surface area (Å²) < 4.78 is 26.7. The van der Waals surface area contributed by atoms with E-state index in [0.717, 1.165) is 12.1 Å². The van der Waals surface area contributed by atoms with Gasteiger partial charge in [-0.2, -0.15) is 5.26 Å². The third-order valence-corrected chi connectivity index (χ3v) is 3.45. The largest absolute Gasteiger partial charge is 0.481 e. The molecule has 0 aliphatic carbocycles. The Morgan fingerprint density at radius 3 is 2.29 bits per heavy atom. The van der Waals surface area contributed by atoms with Crippen LogP contribution in [-0.2, 0) is 4.79 Å². The summed E-state index contributed by atoms with van der Waals surface area (Å²) in [6, 6.07) is 9.19. The van der Waals surface area contributed by atoms with Gasteiger partial charge in [0.15, 0.2) is 11.6 Å². The Kier molecular flexibility index (Phi) is 5.09. The molecule has 0 spiro atoms. The van der Waals surface area contributed by atoms with Crippen LogP contribution in [0.3, 0.4) is 0 Å². The lowest BCUT2D eigenvalue weighted by molar-refractivity contribution is -0.138. The molecule has 0 aliphatic rings. The molecule has 0 saturated carbocycles. The van der Waals surface area contributed by atoms with Gasteiger partial charge in [-0.25, -0.2) is 8.78 Å². The van der Waals surface area contributed by atoms with Crippen LogP contribution in [0, 0.1) is 23.0 Å². The minimum atomic E-state index is -1.56. The minimum absolute atomic E-state index is 0.137. The molecule has 0 saturated heterocycles. The van der Waals surface area contributed by atoms with Gasteiger partial charge in [-0.1, -0.05) is 23.3 Å². The van der Waals surface area contributed by atoms with E-state index in [2.05, 4.69) is 10.0 Å². The molecule has 0 unspecified atom stereocenters. The summed E-state index contributed by atoms with van der Waals surface area (Å²) in [7, 11) is 0. The van der Waals surface area contributed by atoms with Gasteiger partial charge in [-0.3, -0.25) is 4.79 Å². The molecule has 24 heavy (non-hydrogen) atoms. The number of carboxylic acids is 1. The Hall–Kier alpha value is -3.43. The average Bonchev–Trinajstić information content (AvgIpc) is 2.58. The van der Waals surface area contributed by atoms with Crippen LogP contribution >= 0.6 is 0 Å². The zero-order valence-electron chi connectivity index (χ0n) is 12.1. The first kappa shape index (κ1) is 16.9. The lowest BCUT2D eigenvalue weighted by atomic mass is 9.85. The number of azide groups is 1. The number of nitrogens with zero attached hydrogens (tertiary/aromatic N) is 4. The fourth-order valence-electron chi connectivity index (χ4n) is 2.34. The van der Waals surface area contributed by atoms with Gasteiger partial charge >= 0.3 is 5.97 Å². The quantitative estimate of drug-likeness (QED) is 0.513. The number of carboxylic acid groups (broad SMARTS) is 1. The second-order valence-corrected chi connectivity index (χ2v) is 4.87. The van der Waals surface area contributed by atoms with E-state index >= 15 is 0 Å². The Labute approximate surface area is 135 Å². The first-order valence-electron chi connectivity index (χ1n) is 6.70. The molecule has 2 rings (SSSR count). The van der Waals surface area contributed by atoms with Gasteiger partial charge in [0.25, 0.3) is 0 Å². The van der Waals surface area contributed by atoms with Crippen molar-refractivity contribution in [3.05, 3.63) is 81.2 Å². The van der Waals surface area contributed by atoms with Crippen molar-refractivity contribution in [2.45, 2.75) is 12.0 Å². The third kappa shape index (κ3) is 3.48. The predicted molar refractivity (Wildman–Crippen MR) is 79.9 cm³/mol. The van der Waals surface area contributed by atoms with E-state index in [4.69, 9.17) is 10.8 Å². The van der Waals surface area contributed by atoms with Gasteiger partial charge in [0.1, 0.15) is 6.04 Å². The fraction of sp³-hybridized carbons (Fsp3) is 0.125. The maximum Gasteiger partial charge on any atom is 0.313 e. The normalized spacial score (nSPS) is 12.5. The monoisotopic (exact) mass is 328 g/mol. The van der Waals surface area contributed by atoms with Crippen LogP contribution in [0.2, 0.25) is 0 Å². The second kappa shape index (κ2) is 7.22. The lowest BCUT2D eigenvalue weighted by Gasteiger charge is -2.22. The first-order chi connectivity index (χ1) is 11.5. The molecule has 120 valence electrons. The van der Waals surface area contributed by atoms with Crippen LogP contribution in [0.4, 0.5) is 8.78 Å². The van der Waals surface area contributed by atoms with Crippen molar-refractivity contribution in [2.75, 3.05) is 0 Å². The molecule has 0 radical (unpaired) electrons. The molecule has 6 nitrogen and oxygen atoms in total. The highest BCUT2D eigenvalue weighted by Crippen LogP contribution is 2.31. The van der Waals surface area contributed by atoms with Gasteiger partial charge in [0.05, 0.1) is 11.6 Å². The first-order valence-corrected chi connectivity index (χ1v) is 6.70. The summed E-state index contributed by atoms with van der Waals surface area (Å²) in [6.45, 7) is 0. The summed E-state index contributed by atoms with van der Waals surface area (Å²) in [5.74, 6) is -4.67. The van der Waals surface area contributed by atoms with Crippen LogP contribution in [0.5, 0.6) is 0 Å². The molecule has 0 aromatic heterocycles. The van der Waals surface area contributed by atoms with Crippen molar-refractivity contribution in [1.82, 2.24) is 0 Å². The van der Waals surface area contributed by atoms with Gasteiger partial charge in [0.2, 0.25) is 0 Å². The highest BCUT2D eigenvalue weighted by atomic mass is 19.2. The second-order valence-electron chi connectivity index (χ2n) is 4.87. The fourth-order valence-corrected chi connectivity index (χ4v) is 2.34. The number of hydrogen-bond acceptors (Lipinski definition) is 3. The van der Waals surface area contributed by atoms with Crippen LogP contribution < -0.4 is 0 Å². The van der Waals surface area contributed by atoms with E-state index in [1.54, 1.807) is 0 Å². The van der Waals surface area contributed by atoms with Crippen molar-refractivity contribution in [3.8, 4) is 6.07 Å². The number of hydrogen-bond donors (Lipinski definition) is 1. The van der Waals surface area contributed by atoms with Crippen LogP contribution in [-0.4, -0.2) is 17.1 Å². The molecular formula is C16H10F2N4O2. The zero-order chi connectivity index (χ0) is 17.7. The van der Waals surface area contributed by atoms with Gasteiger partial charge in [-0.15, -0.1) is 0 Å². The Morgan fingerprint density at radius 2 is 1.79 bits per heavy atom. The average molecular weight is 328 g/mol. The van der Waals surface area contributed by atoms with E-state index < -0.39 is 29.6 Å². The zero-order valence-corrected chi connectivity index (χ0v) is 12.1. The molecule has 0 bridgehead atoms. The molecule has 2 atom stereocenters. The van der Waals surface area contributed by atoms with Crippen LogP contribution in [0.25, 0.3) is 10.4 Å². The maximum absolute atomic E-state index is 13.6. The number of halogens is 2. The van der Waals surface area contributed by atoms with Crippen molar-refractivity contribution in [1.29, 1.82) is 5.26 Å². The van der Waals surface area contributed by atoms with Crippen molar-refractivity contribution in [2.24, 2.45) is 5.11 Å². The van der Waals surface area contributed by atoms with E-state index in [1.807, 2.05) is 6.07 Å². The lowest BCUT2D eigenvalue weighted by Crippen LogP contribution is -2.26. The molecule has 0 amide bonds. The molecule has 8 heteroatoms. The minimum Gasteiger partial charge on any atom is -0.481 e. The molecular weight excluding hydrogens is 318 g/mol. The summed E-state index contributed by atoms with van der Waals surface area (Å²) in [4.78, 5) is 14.0. The van der Waals surface area contributed by atoms with Crippen molar-refractivity contribution in [3.63, 3.8) is 0 Å². The van der Waals surface area contributed by atoms with E-state index in [0.29, 0.717) is 11.1 Å². The number of carbonyl (C=O) groups is 1. The Balaban J connectivity index is 2.63. The maximum atomic E-state index is 13.6. The smallest absolute Gasteiger partial charge is 0.313 e. The van der Waals surface area contributed by atoms with Crippen LogP contribution in [0.1, 0.15) is 22.6 Å². The molecule has 0 heterocycles. The van der Waals surface area contributed by atoms with Crippen LogP contribution in [0.15, 0.2) is 47.6 Å². The summed E-state index contributed by atoms with van der Waals surface area (Å²) in [5, 5.41) is 21.4. The number of rotatable bonds is 5. The van der Waals surface area contributed by atoms with Gasteiger partial charge < -0.3 is 5.11 Å². The molecule has 2 aromatic rings. The molecule has 1 N–H and O–H groups in total. The van der Waals surface area contributed by atoms with Gasteiger partial charge in [0, 0.05) is 10.8 Å². The standard InChI is InChI=1S/C16H10F2N4O2/c17-12-6-5-11(7-13(12)18)14(15(16(23)24)21-22-20)10-3-1-9(8-19)2-4-10/h1-7,14-15H,(H,23,24)/t14-,15+/m1/s1. The van der Waals surface area contributed by atoms with Gasteiger partial charge in [-0.05, 0) is 40.9 Å². The van der Waals surface area contributed by atoms with E-state index in [1.165, 1.54) is 30.3 Å². The highest BCUT2D eigenvalue weighted by molar-refractivity contribution is 5.76. The SMILES string of the molecule is N#Cc1ccc([C@H](c2ccc(F)c(F)c2)[C@H](N=[N+]=[N-])C(=O)O)cc1. The molecule has 2 aromatic carbocycles. The number of nitriles is 1.